The Balaban J connectivity index is 3.09. The van der Waals surface area contributed by atoms with Gasteiger partial charge >= 0.3 is 18.0 Å². The molecule has 0 heterocycles. The van der Waals surface area contributed by atoms with Crippen LogP contribution in [0, 0.1) is 0 Å². The third-order valence-electron chi connectivity index (χ3n) is 3.24. The molecule has 1 atom stereocenters. The molecular formula is C14H15F7O. The van der Waals surface area contributed by atoms with Gasteiger partial charge in [-0.3, -0.25) is 0 Å². The fraction of sp³-hybridized carbons (Fsp3) is 0.571. The van der Waals surface area contributed by atoms with Gasteiger partial charge < -0.3 is 5.11 Å². The van der Waals surface area contributed by atoms with Crippen LogP contribution >= 0.6 is 0 Å². The van der Waals surface area contributed by atoms with E-state index in [-0.39, 0.29) is 11.5 Å². The Morgan fingerprint density at radius 2 is 1.36 bits per heavy atom. The van der Waals surface area contributed by atoms with Crippen molar-refractivity contribution >= 4 is 0 Å². The van der Waals surface area contributed by atoms with E-state index in [0.29, 0.717) is 5.56 Å². The minimum absolute atomic E-state index is 0.0878. The van der Waals surface area contributed by atoms with Crippen LogP contribution in [0.5, 0.6) is 0 Å². The van der Waals surface area contributed by atoms with Crippen molar-refractivity contribution in [1.29, 1.82) is 0 Å². The standard InChI is InChI=1S/C14H15F7O/c1-8(2)9-5-3-4-6-10(9)11(22)7-12(15,16)13(17,18)14(19,20)21/h3-6,8,11,22H,7H2,1-2H3. The van der Waals surface area contributed by atoms with Crippen molar-refractivity contribution in [3.05, 3.63) is 35.4 Å². The van der Waals surface area contributed by atoms with Crippen molar-refractivity contribution in [2.75, 3.05) is 0 Å². The highest BCUT2D eigenvalue weighted by Crippen LogP contribution is 2.50. The van der Waals surface area contributed by atoms with Crippen LogP contribution in [0.4, 0.5) is 30.7 Å². The summed E-state index contributed by atoms with van der Waals surface area (Å²) < 4.78 is 88.6. The molecule has 0 aromatic heterocycles. The molecule has 0 aliphatic rings. The SMILES string of the molecule is CC(C)c1ccccc1C(O)CC(F)(F)C(F)(F)C(F)(F)F. The fourth-order valence-electron chi connectivity index (χ4n) is 2.03. The minimum atomic E-state index is -6.40. The Hall–Kier alpha value is -1.31. The van der Waals surface area contributed by atoms with Crippen LogP contribution in [-0.4, -0.2) is 23.1 Å². The van der Waals surface area contributed by atoms with Gasteiger partial charge in [-0.15, -0.1) is 0 Å². The smallest absolute Gasteiger partial charge is 0.388 e. The van der Waals surface area contributed by atoms with Crippen molar-refractivity contribution in [3.8, 4) is 0 Å². The van der Waals surface area contributed by atoms with Gasteiger partial charge in [0.25, 0.3) is 0 Å². The molecule has 0 spiro atoms. The van der Waals surface area contributed by atoms with E-state index in [1.807, 2.05) is 0 Å². The lowest BCUT2D eigenvalue weighted by atomic mass is 9.90. The summed E-state index contributed by atoms with van der Waals surface area (Å²) in [7, 11) is 0. The zero-order valence-corrected chi connectivity index (χ0v) is 11.8. The zero-order valence-electron chi connectivity index (χ0n) is 11.8. The quantitative estimate of drug-likeness (QED) is 0.747. The summed E-state index contributed by atoms with van der Waals surface area (Å²) in [5, 5.41) is 9.73. The van der Waals surface area contributed by atoms with Crippen LogP contribution in [0.3, 0.4) is 0 Å². The van der Waals surface area contributed by atoms with Gasteiger partial charge in [0, 0.05) is 6.42 Å². The lowest BCUT2D eigenvalue weighted by molar-refractivity contribution is -0.358. The van der Waals surface area contributed by atoms with E-state index >= 15 is 0 Å². The van der Waals surface area contributed by atoms with Gasteiger partial charge in [0.05, 0.1) is 6.10 Å². The molecule has 0 radical (unpaired) electrons. The largest absolute Gasteiger partial charge is 0.459 e. The molecule has 0 aliphatic heterocycles. The second-order valence-electron chi connectivity index (χ2n) is 5.28. The molecule has 8 heteroatoms. The Morgan fingerprint density at radius 1 is 0.909 bits per heavy atom. The van der Waals surface area contributed by atoms with Gasteiger partial charge in [-0.1, -0.05) is 38.1 Å². The van der Waals surface area contributed by atoms with Crippen LogP contribution in [0.15, 0.2) is 24.3 Å². The summed E-state index contributed by atoms with van der Waals surface area (Å²) in [6.45, 7) is 3.35. The van der Waals surface area contributed by atoms with Crippen molar-refractivity contribution in [1.82, 2.24) is 0 Å². The topological polar surface area (TPSA) is 20.2 Å². The van der Waals surface area contributed by atoms with E-state index in [4.69, 9.17) is 0 Å². The molecule has 0 saturated heterocycles. The predicted molar refractivity (Wildman–Crippen MR) is 66.1 cm³/mol. The van der Waals surface area contributed by atoms with Gasteiger partial charge in [-0.25, -0.2) is 0 Å². The zero-order chi connectivity index (χ0) is 17.3. The Kier molecular flexibility index (Phi) is 5.16. The van der Waals surface area contributed by atoms with E-state index < -0.39 is 30.5 Å². The highest BCUT2D eigenvalue weighted by molar-refractivity contribution is 5.31. The van der Waals surface area contributed by atoms with Crippen molar-refractivity contribution in [2.24, 2.45) is 0 Å². The maximum atomic E-state index is 13.3. The molecule has 0 fully saturated rings. The predicted octanol–water partition coefficient (Wildman–Crippen LogP) is 5.07. The molecule has 0 bridgehead atoms. The van der Waals surface area contributed by atoms with E-state index in [9.17, 15) is 35.8 Å². The van der Waals surface area contributed by atoms with E-state index in [2.05, 4.69) is 0 Å². The third kappa shape index (κ3) is 3.53. The van der Waals surface area contributed by atoms with Crippen molar-refractivity contribution in [2.45, 2.75) is 50.3 Å². The van der Waals surface area contributed by atoms with Crippen LogP contribution in [-0.2, 0) is 0 Å². The maximum absolute atomic E-state index is 13.3. The highest BCUT2D eigenvalue weighted by Gasteiger charge is 2.72. The van der Waals surface area contributed by atoms with E-state index in [1.165, 1.54) is 18.2 Å². The molecule has 1 rings (SSSR count). The highest BCUT2D eigenvalue weighted by atomic mass is 19.4. The number of aliphatic hydroxyl groups excluding tert-OH is 1. The molecule has 1 N–H and O–H groups in total. The monoisotopic (exact) mass is 332 g/mol. The number of hydrogen-bond acceptors (Lipinski definition) is 1. The van der Waals surface area contributed by atoms with Gasteiger partial charge in [0.2, 0.25) is 0 Å². The van der Waals surface area contributed by atoms with Crippen LogP contribution in [0.2, 0.25) is 0 Å². The lowest BCUT2D eigenvalue weighted by Gasteiger charge is -2.30. The second kappa shape index (κ2) is 6.06. The summed E-state index contributed by atoms with van der Waals surface area (Å²) in [6.07, 6.45) is -10.6. The first kappa shape index (κ1) is 18.7. The number of alkyl halides is 7. The first-order chi connectivity index (χ1) is 9.81. The number of hydrogen-bond donors (Lipinski definition) is 1. The van der Waals surface area contributed by atoms with Crippen LogP contribution in [0.1, 0.15) is 43.4 Å². The molecule has 1 unspecified atom stereocenters. The van der Waals surface area contributed by atoms with Gasteiger partial charge in [-0.05, 0) is 17.0 Å². The second-order valence-corrected chi connectivity index (χ2v) is 5.28. The minimum Gasteiger partial charge on any atom is -0.388 e. The van der Waals surface area contributed by atoms with Gasteiger partial charge in [0.15, 0.2) is 0 Å². The van der Waals surface area contributed by atoms with Gasteiger partial charge in [0.1, 0.15) is 0 Å². The maximum Gasteiger partial charge on any atom is 0.459 e. The first-order valence-electron chi connectivity index (χ1n) is 6.40. The number of halogens is 7. The van der Waals surface area contributed by atoms with Crippen molar-refractivity contribution < 1.29 is 35.8 Å². The lowest BCUT2D eigenvalue weighted by Crippen LogP contribution is -2.52. The molecule has 22 heavy (non-hydrogen) atoms. The van der Waals surface area contributed by atoms with Crippen LogP contribution in [0.25, 0.3) is 0 Å². The number of benzene rings is 1. The average Bonchev–Trinajstić information content (AvgIpc) is 2.36. The normalized spacial score (nSPS) is 15.2. The molecule has 126 valence electrons. The fourth-order valence-corrected chi connectivity index (χ4v) is 2.03. The molecule has 0 saturated carbocycles. The summed E-state index contributed by atoms with van der Waals surface area (Å²) in [6, 6.07) is 5.64. The molecule has 0 amide bonds. The summed E-state index contributed by atoms with van der Waals surface area (Å²) in [5.41, 5.74) is 0.316. The average molecular weight is 332 g/mol. The summed E-state index contributed by atoms with van der Waals surface area (Å²) in [4.78, 5) is 0. The molecule has 1 aromatic carbocycles. The molecule has 0 aliphatic carbocycles. The third-order valence-corrected chi connectivity index (χ3v) is 3.24. The van der Waals surface area contributed by atoms with E-state index in [1.54, 1.807) is 19.9 Å². The Morgan fingerprint density at radius 3 is 1.77 bits per heavy atom. The Labute approximate surface area is 122 Å². The van der Waals surface area contributed by atoms with Crippen LogP contribution < -0.4 is 0 Å². The van der Waals surface area contributed by atoms with Crippen molar-refractivity contribution in [3.63, 3.8) is 0 Å². The molecule has 1 nitrogen and oxygen atoms in total. The summed E-state index contributed by atoms with van der Waals surface area (Å²) >= 11 is 0. The van der Waals surface area contributed by atoms with Gasteiger partial charge in [-0.2, -0.15) is 30.7 Å². The first-order valence-corrected chi connectivity index (χ1v) is 6.40. The molecular weight excluding hydrogens is 317 g/mol. The number of rotatable bonds is 5. The summed E-state index contributed by atoms with van der Waals surface area (Å²) in [5.74, 6) is -11.9. The number of aliphatic hydroxyl groups is 1. The van der Waals surface area contributed by atoms with E-state index in [0.717, 1.165) is 0 Å². The molecule has 1 aromatic rings. The Bertz CT molecular complexity index is 508.